The van der Waals surface area contributed by atoms with E-state index in [1.807, 2.05) is 30.3 Å². The summed E-state index contributed by atoms with van der Waals surface area (Å²) in [7, 11) is 1.96. The van der Waals surface area contributed by atoms with Crippen molar-refractivity contribution in [3.05, 3.63) is 58.3 Å². The Morgan fingerprint density at radius 3 is 2.67 bits per heavy atom. The molecule has 3 rings (SSSR count). The summed E-state index contributed by atoms with van der Waals surface area (Å²) in [5.74, 6) is 0.887. The van der Waals surface area contributed by atoms with E-state index >= 15 is 0 Å². The molecule has 2 heterocycles. The minimum absolute atomic E-state index is 0. The van der Waals surface area contributed by atoms with E-state index < -0.39 is 0 Å². The Labute approximate surface area is 143 Å². The minimum Gasteiger partial charge on any atom is -0.256 e. The van der Waals surface area contributed by atoms with Crippen LogP contribution < -0.4 is 0 Å². The highest BCUT2D eigenvalue weighted by atomic mass is 79.9. The highest BCUT2D eigenvalue weighted by molar-refractivity contribution is 8.93. The Morgan fingerprint density at radius 2 is 2.00 bits per heavy atom. The highest BCUT2D eigenvalue weighted by Gasteiger charge is 2.17. The summed E-state index contributed by atoms with van der Waals surface area (Å²) in [6.07, 6.45) is 0. The molecule has 110 valence electrons. The van der Waals surface area contributed by atoms with Crippen LogP contribution in [0.5, 0.6) is 0 Å². The van der Waals surface area contributed by atoms with Crippen LogP contribution in [-0.2, 0) is 6.54 Å². The zero-order chi connectivity index (χ0) is 13.8. The lowest BCUT2D eigenvalue weighted by atomic mass is 10.2. The predicted octanol–water partition coefficient (Wildman–Crippen LogP) is 4.26. The maximum absolute atomic E-state index is 4.65. The molecule has 1 aliphatic heterocycles. The number of nitrogens with zero attached hydrogens (tertiary/aromatic N) is 3. The number of hydrogen-bond donors (Lipinski definition) is 0. The maximum atomic E-state index is 4.65. The number of rotatable bonds is 3. The van der Waals surface area contributed by atoms with Crippen molar-refractivity contribution in [3.63, 3.8) is 0 Å². The molecule has 1 aromatic carbocycles. The molecule has 0 radical (unpaired) electrons. The predicted molar refractivity (Wildman–Crippen MR) is 99.0 cm³/mol. The first-order chi connectivity index (χ1) is 9.83. The third-order valence-electron chi connectivity index (χ3n) is 2.93. The Bertz CT molecular complexity index is 624. The van der Waals surface area contributed by atoms with Crippen molar-refractivity contribution < 1.29 is 0 Å². The first kappa shape index (κ1) is 16.3. The van der Waals surface area contributed by atoms with Crippen LogP contribution >= 0.6 is 40.1 Å². The van der Waals surface area contributed by atoms with Crippen LogP contribution in [-0.4, -0.2) is 28.7 Å². The lowest BCUT2D eigenvalue weighted by Crippen LogP contribution is -2.27. The number of hydrogen-bond acceptors (Lipinski definition) is 4. The summed E-state index contributed by atoms with van der Waals surface area (Å²) in [5, 5.41) is 9.57. The van der Waals surface area contributed by atoms with Gasteiger partial charge >= 0.3 is 0 Å². The Balaban J connectivity index is 0.00000161. The van der Waals surface area contributed by atoms with Crippen LogP contribution in [0.2, 0.25) is 0 Å². The monoisotopic (exact) mass is 381 g/mol. The van der Waals surface area contributed by atoms with Crippen molar-refractivity contribution in [2.75, 3.05) is 12.8 Å². The second-order valence-corrected chi connectivity index (χ2v) is 6.31. The number of hydrazone groups is 1. The van der Waals surface area contributed by atoms with E-state index in [9.17, 15) is 0 Å². The minimum atomic E-state index is 0. The zero-order valence-corrected chi connectivity index (χ0v) is 14.9. The molecule has 0 aliphatic carbocycles. The van der Waals surface area contributed by atoms with Gasteiger partial charge in [-0.05, 0) is 17.0 Å². The number of amidine groups is 1. The summed E-state index contributed by atoms with van der Waals surface area (Å²) in [6, 6.07) is 14.5. The van der Waals surface area contributed by atoms with Gasteiger partial charge in [-0.25, -0.2) is 5.01 Å². The number of aliphatic imine (C=N–C) groups is 1. The third-order valence-corrected chi connectivity index (χ3v) is 4.92. The van der Waals surface area contributed by atoms with E-state index in [-0.39, 0.29) is 17.0 Å². The van der Waals surface area contributed by atoms with Gasteiger partial charge in [-0.15, -0.1) is 28.3 Å². The molecule has 0 N–H and O–H groups in total. The van der Waals surface area contributed by atoms with Crippen LogP contribution in [0.15, 0.2) is 57.9 Å². The van der Waals surface area contributed by atoms with E-state index in [1.165, 1.54) is 10.4 Å². The van der Waals surface area contributed by atoms with Crippen LogP contribution in [0, 0.1) is 0 Å². The van der Waals surface area contributed by atoms with Crippen molar-refractivity contribution in [3.8, 4) is 0 Å². The van der Waals surface area contributed by atoms with Crippen LogP contribution in [0.3, 0.4) is 0 Å². The summed E-state index contributed by atoms with van der Waals surface area (Å²) >= 11 is 3.48. The molecule has 2 aromatic rings. The van der Waals surface area contributed by atoms with Crippen molar-refractivity contribution in [2.24, 2.45) is 10.1 Å². The van der Waals surface area contributed by atoms with E-state index in [0.29, 0.717) is 6.54 Å². The van der Waals surface area contributed by atoms with Gasteiger partial charge in [0, 0.05) is 12.8 Å². The number of halogens is 1. The number of thioether (sulfide) groups is 1. The standard InChI is InChI=1S/C15H15N3S2.BrH/c1-18-15(16-10-12-6-3-2-4-7-12)20-11-13(17-18)14-8-5-9-19-14;/h2-9H,10-11H2,1H3;1H. The molecule has 0 amide bonds. The van der Waals surface area contributed by atoms with Crippen molar-refractivity contribution in [1.29, 1.82) is 0 Å². The molecular weight excluding hydrogens is 366 g/mol. The van der Waals surface area contributed by atoms with E-state index in [4.69, 9.17) is 0 Å². The van der Waals surface area contributed by atoms with Crippen LogP contribution in [0.4, 0.5) is 0 Å². The number of thiophene rings is 1. The first-order valence-electron chi connectivity index (χ1n) is 6.39. The Morgan fingerprint density at radius 1 is 1.19 bits per heavy atom. The Kier molecular flexibility index (Phi) is 6.02. The quantitative estimate of drug-likeness (QED) is 0.793. The van der Waals surface area contributed by atoms with Crippen LogP contribution in [0.1, 0.15) is 10.4 Å². The fraction of sp³-hybridized carbons (Fsp3) is 0.200. The molecule has 0 fully saturated rings. The van der Waals surface area contributed by atoms with Gasteiger partial charge in [0.25, 0.3) is 0 Å². The SMILES string of the molecule is Br.CN1N=C(c2cccs2)CSC1=NCc1ccccc1. The third kappa shape index (κ3) is 4.18. The van der Waals surface area contributed by atoms with Crippen molar-refractivity contribution in [2.45, 2.75) is 6.54 Å². The molecule has 3 nitrogen and oxygen atoms in total. The molecule has 0 saturated heterocycles. The topological polar surface area (TPSA) is 28.0 Å². The molecule has 0 atom stereocenters. The molecule has 0 spiro atoms. The van der Waals surface area contributed by atoms with Gasteiger partial charge < -0.3 is 0 Å². The fourth-order valence-electron chi connectivity index (χ4n) is 1.93. The average Bonchev–Trinajstić information content (AvgIpc) is 3.01. The van der Waals surface area contributed by atoms with Gasteiger partial charge in [0.15, 0.2) is 5.17 Å². The molecule has 21 heavy (non-hydrogen) atoms. The second-order valence-electron chi connectivity index (χ2n) is 4.42. The van der Waals surface area contributed by atoms with E-state index in [2.05, 4.69) is 39.7 Å². The summed E-state index contributed by atoms with van der Waals surface area (Å²) in [4.78, 5) is 5.89. The van der Waals surface area contributed by atoms with Gasteiger partial charge in [-0.2, -0.15) is 5.10 Å². The maximum Gasteiger partial charge on any atom is 0.180 e. The lowest BCUT2D eigenvalue weighted by Gasteiger charge is -2.22. The molecule has 1 aromatic heterocycles. The summed E-state index contributed by atoms with van der Waals surface area (Å²) in [5.41, 5.74) is 2.35. The fourth-order valence-corrected chi connectivity index (χ4v) is 3.60. The lowest BCUT2D eigenvalue weighted by molar-refractivity contribution is 0.550. The van der Waals surface area contributed by atoms with Gasteiger partial charge in [0.2, 0.25) is 0 Å². The normalized spacial score (nSPS) is 16.5. The van der Waals surface area contributed by atoms with Crippen molar-refractivity contribution in [1.82, 2.24) is 5.01 Å². The second kappa shape index (κ2) is 7.77. The van der Waals surface area contributed by atoms with E-state index in [0.717, 1.165) is 16.6 Å². The molecule has 6 heteroatoms. The van der Waals surface area contributed by atoms with Gasteiger partial charge in [-0.1, -0.05) is 48.2 Å². The van der Waals surface area contributed by atoms with Crippen molar-refractivity contribution >= 4 is 51.0 Å². The van der Waals surface area contributed by atoms with Gasteiger partial charge in [-0.3, -0.25) is 4.99 Å². The largest absolute Gasteiger partial charge is 0.256 e. The van der Waals surface area contributed by atoms with Gasteiger partial charge in [0.1, 0.15) is 0 Å². The molecule has 0 saturated carbocycles. The molecule has 1 aliphatic rings. The van der Waals surface area contributed by atoms with E-state index in [1.54, 1.807) is 23.1 Å². The summed E-state index contributed by atoms with van der Waals surface area (Å²) < 4.78 is 0. The smallest absolute Gasteiger partial charge is 0.180 e. The summed E-state index contributed by atoms with van der Waals surface area (Å²) in [6.45, 7) is 0.706. The average molecular weight is 382 g/mol. The molecular formula is C15H16BrN3S2. The number of benzene rings is 1. The molecule has 0 bridgehead atoms. The molecule has 0 unspecified atom stereocenters. The highest BCUT2D eigenvalue weighted by Crippen LogP contribution is 2.21. The zero-order valence-electron chi connectivity index (χ0n) is 11.6. The first-order valence-corrected chi connectivity index (χ1v) is 8.26. The Hall–Kier alpha value is -1.11. The van der Waals surface area contributed by atoms with Crippen LogP contribution in [0.25, 0.3) is 0 Å². The van der Waals surface area contributed by atoms with Gasteiger partial charge in [0.05, 0.1) is 17.1 Å².